The number of halogens is 2. The highest BCUT2D eigenvalue weighted by molar-refractivity contribution is 7.12. The molecule has 2 rings (SSSR count). The van der Waals surface area contributed by atoms with Crippen LogP contribution in [0.1, 0.15) is 30.4 Å². The maximum absolute atomic E-state index is 12.5. The molecule has 0 unspecified atom stereocenters. The van der Waals surface area contributed by atoms with Gasteiger partial charge in [0, 0.05) is 32.2 Å². The first-order valence-electron chi connectivity index (χ1n) is 7.45. The number of carbonyl (C=O) groups is 1. The van der Waals surface area contributed by atoms with E-state index in [2.05, 4.69) is 9.64 Å². The predicted octanol–water partition coefficient (Wildman–Crippen LogP) is 2.27. The van der Waals surface area contributed by atoms with Crippen LogP contribution in [0.4, 0.5) is 8.78 Å². The van der Waals surface area contributed by atoms with E-state index in [4.69, 9.17) is 0 Å². The average Bonchev–Trinajstić information content (AvgIpc) is 2.86. The number of hydrogen-bond acceptors (Lipinski definition) is 5. The standard InChI is InChI=1S/C15H22F2N2O3S/c1-10-8-18(5-6-19(10)9-15(2,3)21)13(20)12-11(4-7-23-12)22-14(16)17/h4,7,10,14,21H,5-6,8-9H2,1-3H3/t10-/m0/s1. The number of rotatable bonds is 5. The van der Waals surface area contributed by atoms with Crippen LogP contribution in [0.5, 0.6) is 5.75 Å². The van der Waals surface area contributed by atoms with E-state index in [9.17, 15) is 18.7 Å². The fourth-order valence-electron chi connectivity index (χ4n) is 2.70. The average molecular weight is 348 g/mol. The Labute approximate surface area is 138 Å². The summed E-state index contributed by atoms with van der Waals surface area (Å²) in [6, 6.07) is 1.47. The van der Waals surface area contributed by atoms with Crippen molar-refractivity contribution in [2.45, 2.75) is 39.0 Å². The minimum absolute atomic E-state index is 0.0680. The lowest BCUT2D eigenvalue weighted by molar-refractivity contribution is -0.0500. The zero-order chi connectivity index (χ0) is 17.2. The third-order valence-corrected chi connectivity index (χ3v) is 4.57. The summed E-state index contributed by atoms with van der Waals surface area (Å²) in [6.07, 6.45) is 0. The molecular formula is C15H22F2N2O3S. The molecule has 1 N–H and O–H groups in total. The van der Waals surface area contributed by atoms with Gasteiger partial charge in [0.15, 0.2) is 0 Å². The molecule has 5 nitrogen and oxygen atoms in total. The van der Waals surface area contributed by atoms with Gasteiger partial charge in [-0.2, -0.15) is 8.78 Å². The Morgan fingerprint density at radius 1 is 1.52 bits per heavy atom. The smallest absolute Gasteiger partial charge is 0.387 e. The minimum Gasteiger partial charge on any atom is -0.433 e. The third-order valence-electron chi connectivity index (χ3n) is 3.68. The van der Waals surface area contributed by atoms with Crippen LogP contribution >= 0.6 is 11.3 Å². The first kappa shape index (κ1) is 18.1. The van der Waals surface area contributed by atoms with E-state index in [0.29, 0.717) is 26.2 Å². The van der Waals surface area contributed by atoms with E-state index in [-0.39, 0.29) is 22.6 Å². The van der Waals surface area contributed by atoms with E-state index in [1.165, 1.54) is 6.07 Å². The molecule has 1 fully saturated rings. The molecule has 8 heteroatoms. The molecular weight excluding hydrogens is 326 g/mol. The molecule has 0 saturated carbocycles. The lowest BCUT2D eigenvalue weighted by atomic mass is 10.1. The molecule has 0 radical (unpaired) electrons. The summed E-state index contributed by atoms with van der Waals surface area (Å²) in [5.74, 6) is -0.355. The first-order chi connectivity index (χ1) is 10.7. The number of carbonyl (C=O) groups excluding carboxylic acids is 1. The van der Waals surface area contributed by atoms with E-state index >= 15 is 0 Å². The number of nitrogens with zero attached hydrogens (tertiary/aromatic N) is 2. The van der Waals surface area contributed by atoms with Crippen LogP contribution in [0.15, 0.2) is 11.4 Å². The fraction of sp³-hybridized carbons (Fsp3) is 0.667. The zero-order valence-electron chi connectivity index (χ0n) is 13.5. The van der Waals surface area contributed by atoms with Crippen molar-refractivity contribution in [3.63, 3.8) is 0 Å². The predicted molar refractivity (Wildman–Crippen MR) is 84.2 cm³/mol. The van der Waals surface area contributed by atoms with Crippen molar-refractivity contribution in [2.75, 3.05) is 26.2 Å². The summed E-state index contributed by atoms with van der Waals surface area (Å²) in [5.41, 5.74) is -0.799. The van der Waals surface area contributed by atoms with Gasteiger partial charge in [-0.05, 0) is 32.2 Å². The van der Waals surface area contributed by atoms with Crippen LogP contribution in [0.3, 0.4) is 0 Å². The van der Waals surface area contributed by atoms with Gasteiger partial charge in [0.1, 0.15) is 10.6 Å². The number of β-amino-alcohol motifs (C(OH)–C–C–N with tert-alkyl or cyclic N) is 1. The zero-order valence-corrected chi connectivity index (χ0v) is 14.3. The molecule has 130 valence electrons. The molecule has 1 saturated heterocycles. The highest BCUT2D eigenvalue weighted by atomic mass is 32.1. The largest absolute Gasteiger partial charge is 0.433 e. The highest BCUT2D eigenvalue weighted by Gasteiger charge is 2.31. The van der Waals surface area contributed by atoms with Gasteiger partial charge < -0.3 is 14.7 Å². The molecule has 1 aromatic rings. The number of thiophene rings is 1. The molecule has 0 aromatic carbocycles. The van der Waals surface area contributed by atoms with Crippen molar-refractivity contribution in [3.8, 4) is 5.75 Å². The van der Waals surface area contributed by atoms with Gasteiger partial charge in [-0.1, -0.05) is 0 Å². The SMILES string of the molecule is C[C@H]1CN(C(=O)c2sccc2OC(F)F)CCN1CC(C)(C)O. The third kappa shape index (κ3) is 4.86. The maximum atomic E-state index is 12.5. The van der Waals surface area contributed by atoms with E-state index in [0.717, 1.165) is 11.3 Å². The Morgan fingerprint density at radius 2 is 2.22 bits per heavy atom. The molecule has 0 bridgehead atoms. The molecule has 23 heavy (non-hydrogen) atoms. The summed E-state index contributed by atoms with van der Waals surface area (Å²) < 4.78 is 29.2. The normalized spacial score (nSPS) is 20.1. The number of alkyl halides is 2. The van der Waals surface area contributed by atoms with Crippen molar-refractivity contribution < 1.29 is 23.4 Å². The van der Waals surface area contributed by atoms with Gasteiger partial charge in [-0.3, -0.25) is 9.69 Å². The second-order valence-corrected chi connectivity index (χ2v) is 7.29. The molecule has 1 aliphatic heterocycles. The quantitative estimate of drug-likeness (QED) is 0.887. The Bertz CT molecular complexity index is 545. The van der Waals surface area contributed by atoms with Crippen LogP contribution in [0, 0.1) is 0 Å². The lowest BCUT2D eigenvalue weighted by Gasteiger charge is -2.41. The molecule has 1 amide bonds. The summed E-state index contributed by atoms with van der Waals surface area (Å²) >= 11 is 1.10. The molecule has 0 spiro atoms. The minimum atomic E-state index is -2.95. The number of hydrogen-bond donors (Lipinski definition) is 1. The Balaban J connectivity index is 2.02. The van der Waals surface area contributed by atoms with Crippen molar-refractivity contribution in [1.29, 1.82) is 0 Å². The topological polar surface area (TPSA) is 53.0 Å². The number of aliphatic hydroxyl groups is 1. The second-order valence-electron chi connectivity index (χ2n) is 6.38. The van der Waals surface area contributed by atoms with Gasteiger partial charge >= 0.3 is 6.61 Å². The Kier molecular flexibility index (Phi) is 5.59. The summed E-state index contributed by atoms with van der Waals surface area (Å²) in [7, 11) is 0. The van der Waals surface area contributed by atoms with Crippen molar-refractivity contribution >= 4 is 17.2 Å². The molecule has 1 aromatic heterocycles. The molecule has 0 aliphatic carbocycles. The number of ether oxygens (including phenoxy) is 1. The highest BCUT2D eigenvalue weighted by Crippen LogP contribution is 2.28. The van der Waals surface area contributed by atoms with Crippen molar-refractivity contribution in [2.24, 2.45) is 0 Å². The van der Waals surface area contributed by atoms with Gasteiger partial charge in [0.05, 0.1) is 5.60 Å². The van der Waals surface area contributed by atoms with Crippen LogP contribution in [0.25, 0.3) is 0 Å². The summed E-state index contributed by atoms with van der Waals surface area (Å²) in [6.45, 7) is 4.66. The Morgan fingerprint density at radius 3 is 2.78 bits per heavy atom. The van der Waals surface area contributed by atoms with Gasteiger partial charge in [-0.25, -0.2) is 0 Å². The molecule has 2 heterocycles. The lowest BCUT2D eigenvalue weighted by Crippen LogP contribution is -2.56. The molecule has 1 aliphatic rings. The van der Waals surface area contributed by atoms with Crippen LogP contribution in [0.2, 0.25) is 0 Å². The van der Waals surface area contributed by atoms with Crippen LogP contribution < -0.4 is 4.74 Å². The number of piperazine rings is 1. The second kappa shape index (κ2) is 7.11. The maximum Gasteiger partial charge on any atom is 0.387 e. The van der Waals surface area contributed by atoms with E-state index < -0.39 is 12.2 Å². The van der Waals surface area contributed by atoms with E-state index in [1.54, 1.807) is 24.1 Å². The van der Waals surface area contributed by atoms with Gasteiger partial charge in [0.25, 0.3) is 5.91 Å². The van der Waals surface area contributed by atoms with Crippen LogP contribution in [-0.2, 0) is 0 Å². The summed E-state index contributed by atoms with van der Waals surface area (Å²) in [5, 5.41) is 11.5. The number of amides is 1. The van der Waals surface area contributed by atoms with Crippen LogP contribution in [-0.4, -0.2) is 65.2 Å². The Hall–Kier alpha value is -1.25. The summed E-state index contributed by atoms with van der Waals surface area (Å²) in [4.78, 5) is 16.5. The van der Waals surface area contributed by atoms with Crippen molar-refractivity contribution in [1.82, 2.24) is 9.80 Å². The van der Waals surface area contributed by atoms with Gasteiger partial charge in [0.2, 0.25) is 0 Å². The molecule has 1 atom stereocenters. The first-order valence-corrected chi connectivity index (χ1v) is 8.33. The van der Waals surface area contributed by atoms with E-state index in [1.807, 2.05) is 6.92 Å². The van der Waals surface area contributed by atoms with Gasteiger partial charge in [-0.15, -0.1) is 11.3 Å². The van der Waals surface area contributed by atoms with Crippen molar-refractivity contribution in [3.05, 3.63) is 16.3 Å². The fourth-order valence-corrected chi connectivity index (χ4v) is 3.49. The monoisotopic (exact) mass is 348 g/mol.